The molecule has 4 aromatic rings. The van der Waals surface area contributed by atoms with Gasteiger partial charge >= 0.3 is 0 Å². The summed E-state index contributed by atoms with van der Waals surface area (Å²) in [6, 6.07) is 19.9. The molecule has 0 bridgehead atoms. The number of nitrogens with zero attached hydrogens (tertiary/aromatic N) is 4. The van der Waals surface area contributed by atoms with Gasteiger partial charge in [0.25, 0.3) is 0 Å². The van der Waals surface area contributed by atoms with Gasteiger partial charge in [0.1, 0.15) is 5.75 Å². The number of likely N-dealkylation sites (N-methyl/N-ethyl adjacent to an activating group) is 2. The van der Waals surface area contributed by atoms with Crippen molar-refractivity contribution in [2.45, 2.75) is 0 Å². The van der Waals surface area contributed by atoms with Gasteiger partial charge in [0, 0.05) is 30.9 Å². The average Bonchev–Trinajstić information content (AvgIpc) is 2.92. The third-order valence-electron chi connectivity index (χ3n) is 5.72. The fourth-order valence-electron chi connectivity index (χ4n) is 3.65. The highest BCUT2D eigenvalue weighted by molar-refractivity contribution is 6.33. The van der Waals surface area contributed by atoms with E-state index in [9.17, 15) is 4.79 Å². The lowest BCUT2D eigenvalue weighted by Gasteiger charge is -2.19. The van der Waals surface area contributed by atoms with Crippen molar-refractivity contribution in [1.82, 2.24) is 19.8 Å². The van der Waals surface area contributed by atoms with Crippen molar-refractivity contribution >= 4 is 51.6 Å². The Bertz CT molecular complexity index is 1430. The van der Waals surface area contributed by atoms with Crippen LogP contribution in [0.3, 0.4) is 0 Å². The zero-order valence-corrected chi connectivity index (χ0v) is 23.1. The Labute approximate surface area is 232 Å². The molecule has 1 amide bonds. The first kappa shape index (κ1) is 27.9. The minimum absolute atomic E-state index is 0.108. The van der Waals surface area contributed by atoms with Gasteiger partial charge in [0.2, 0.25) is 11.7 Å². The van der Waals surface area contributed by atoms with Crippen LogP contribution in [0, 0.1) is 0 Å². The van der Waals surface area contributed by atoms with Crippen molar-refractivity contribution in [3.63, 3.8) is 0 Å². The van der Waals surface area contributed by atoms with Gasteiger partial charge in [-0.3, -0.25) is 9.69 Å². The second-order valence-corrected chi connectivity index (χ2v) is 9.61. The molecule has 3 N–H and O–H groups in total. The molecule has 0 aliphatic heterocycles. The van der Waals surface area contributed by atoms with E-state index in [4.69, 9.17) is 26.2 Å². The normalized spacial score (nSPS) is 11.1. The molecular formula is C28H32ClN7O3. The predicted octanol–water partition coefficient (Wildman–Crippen LogP) is 4.87. The molecule has 0 unspecified atom stereocenters. The highest BCUT2D eigenvalue weighted by Crippen LogP contribution is 2.32. The van der Waals surface area contributed by atoms with Crippen molar-refractivity contribution in [2.24, 2.45) is 0 Å². The van der Waals surface area contributed by atoms with Crippen LogP contribution < -0.4 is 25.7 Å². The minimum atomic E-state index is -0.108. The summed E-state index contributed by atoms with van der Waals surface area (Å²) in [5.41, 5.74) is 5.50. The lowest BCUT2D eigenvalue weighted by molar-refractivity contribution is -0.117. The summed E-state index contributed by atoms with van der Waals surface area (Å²) >= 11 is 6.41. The number of para-hydroxylation sites is 2. The molecule has 0 radical (unpaired) electrons. The summed E-state index contributed by atoms with van der Waals surface area (Å²) in [5, 5.41) is 6.63. The number of nitrogens with one attached hydrogen (secondary N) is 3. The Morgan fingerprint density at radius 3 is 2.36 bits per heavy atom. The molecule has 4 rings (SSSR count). The van der Waals surface area contributed by atoms with Gasteiger partial charge < -0.3 is 25.1 Å². The lowest BCUT2D eigenvalue weighted by atomic mass is 10.3. The molecule has 0 aliphatic rings. The van der Waals surface area contributed by atoms with Crippen LogP contribution in [0.2, 0.25) is 5.02 Å². The van der Waals surface area contributed by atoms with Gasteiger partial charge in [-0.1, -0.05) is 29.8 Å². The number of rotatable bonds is 12. The van der Waals surface area contributed by atoms with E-state index in [-0.39, 0.29) is 12.5 Å². The topological polar surface area (TPSA) is 104 Å². The third-order valence-corrected chi connectivity index (χ3v) is 6.05. The van der Waals surface area contributed by atoms with E-state index in [1.165, 1.54) is 0 Å². The van der Waals surface area contributed by atoms with Crippen molar-refractivity contribution in [2.75, 3.05) is 64.0 Å². The monoisotopic (exact) mass is 549 g/mol. The summed E-state index contributed by atoms with van der Waals surface area (Å²) in [7, 11) is 7.51. The van der Waals surface area contributed by atoms with Gasteiger partial charge in [-0.05, 0) is 57.5 Å². The number of carbonyl (C=O) groups excluding carboxylic acids is 1. The van der Waals surface area contributed by atoms with Gasteiger partial charge in [0.05, 0.1) is 35.4 Å². The number of amides is 1. The highest BCUT2D eigenvalue weighted by atomic mass is 35.5. The molecule has 0 saturated carbocycles. The van der Waals surface area contributed by atoms with E-state index in [1.807, 2.05) is 50.3 Å². The fraction of sp³-hybridized carbons (Fsp3) is 0.250. The number of fused-ring (bicyclic) bond motifs is 1. The van der Waals surface area contributed by atoms with Crippen LogP contribution in [0.4, 0.5) is 23.0 Å². The number of hydrogen-bond donors (Lipinski definition) is 3. The Balaban J connectivity index is 1.48. The number of anilines is 4. The van der Waals surface area contributed by atoms with E-state index < -0.39 is 0 Å². The van der Waals surface area contributed by atoms with E-state index >= 15 is 0 Å². The van der Waals surface area contributed by atoms with Crippen molar-refractivity contribution in [3.05, 3.63) is 71.8 Å². The summed E-state index contributed by atoms with van der Waals surface area (Å²) in [6.45, 7) is 1.95. The van der Waals surface area contributed by atoms with E-state index in [0.29, 0.717) is 50.6 Å². The van der Waals surface area contributed by atoms with Crippen molar-refractivity contribution in [1.29, 1.82) is 0 Å². The number of aromatic nitrogens is 2. The van der Waals surface area contributed by atoms with Crippen LogP contribution in [-0.2, 0) is 4.79 Å². The smallest absolute Gasteiger partial charge is 0.238 e. The van der Waals surface area contributed by atoms with E-state index in [0.717, 1.165) is 13.1 Å². The number of benzene rings is 3. The summed E-state index contributed by atoms with van der Waals surface area (Å²) < 4.78 is 5.33. The second kappa shape index (κ2) is 13.1. The zero-order valence-electron chi connectivity index (χ0n) is 22.4. The van der Waals surface area contributed by atoms with Crippen LogP contribution >= 0.6 is 11.6 Å². The Morgan fingerprint density at radius 1 is 0.897 bits per heavy atom. The number of methoxy groups -OCH3 is 1. The SMILES string of the molecule is COc1ccc(Cl)c(Nc2nc3ccccc3nc2NOc2cccc(NC(=O)CN(C)CCN(C)C)c2)c1. The largest absolute Gasteiger partial charge is 0.497 e. The molecule has 0 aliphatic carbocycles. The van der Waals surface area contributed by atoms with Gasteiger partial charge in [-0.25, -0.2) is 15.4 Å². The Hall–Kier alpha value is -4.12. The molecule has 0 spiro atoms. The molecule has 0 fully saturated rings. The molecule has 0 atom stereocenters. The van der Waals surface area contributed by atoms with Crippen LogP contribution in [0.5, 0.6) is 11.5 Å². The standard InChI is InChI=1S/C28H32ClN7O3/c1-35(2)14-15-36(3)18-26(37)30-19-8-7-9-21(16-19)39-34-28-27(31-23-10-5-6-11-24(23)32-28)33-25-17-20(38-4)12-13-22(25)29/h5-13,16-17H,14-15,18H2,1-4H3,(H,30,37)(H,31,33)(H,32,34). The zero-order chi connectivity index (χ0) is 27.8. The highest BCUT2D eigenvalue weighted by Gasteiger charge is 2.13. The van der Waals surface area contributed by atoms with Crippen molar-refractivity contribution < 1.29 is 14.4 Å². The first-order valence-corrected chi connectivity index (χ1v) is 12.7. The summed E-state index contributed by atoms with van der Waals surface area (Å²) in [6.07, 6.45) is 0. The molecule has 3 aromatic carbocycles. The van der Waals surface area contributed by atoms with Gasteiger partial charge in [0.15, 0.2) is 11.6 Å². The number of hydrogen-bond acceptors (Lipinski definition) is 9. The maximum absolute atomic E-state index is 12.5. The molecule has 10 nitrogen and oxygen atoms in total. The Kier molecular flexibility index (Phi) is 9.37. The molecule has 1 heterocycles. The van der Waals surface area contributed by atoms with Crippen molar-refractivity contribution in [3.8, 4) is 11.5 Å². The quantitative estimate of drug-likeness (QED) is 0.213. The second-order valence-electron chi connectivity index (χ2n) is 9.20. The molecule has 204 valence electrons. The number of ether oxygens (including phenoxy) is 1. The van der Waals surface area contributed by atoms with Gasteiger partial charge in [-0.15, -0.1) is 0 Å². The van der Waals surface area contributed by atoms with Crippen LogP contribution in [0.25, 0.3) is 11.0 Å². The first-order chi connectivity index (χ1) is 18.8. The number of halogens is 1. The van der Waals surface area contributed by atoms with E-state index in [1.54, 1.807) is 49.6 Å². The maximum Gasteiger partial charge on any atom is 0.238 e. The minimum Gasteiger partial charge on any atom is -0.497 e. The summed E-state index contributed by atoms with van der Waals surface area (Å²) in [5.74, 6) is 1.78. The fourth-order valence-corrected chi connectivity index (χ4v) is 3.82. The average molecular weight is 550 g/mol. The molecule has 0 saturated heterocycles. The molecular weight excluding hydrogens is 518 g/mol. The molecule has 1 aromatic heterocycles. The third kappa shape index (κ3) is 7.93. The maximum atomic E-state index is 12.5. The first-order valence-electron chi connectivity index (χ1n) is 12.3. The van der Waals surface area contributed by atoms with Crippen LogP contribution in [0.15, 0.2) is 66.7 Å². The van der Waals surface area contributed by atoms with Crippen LogP contribution in [-0.4, -0.2) is 73.6 Å². The van der Waals surface area contributed by atoms with Gasteiger partial charge in [-0.2, -0.15) is 0 Å². The predicted molar refractivity (Wildman–Crippen MR) is 156 cm³/mol. The lowest BCUT2D eigenvalue weighted by Crippen LogP contribution is -2.34. The molecule has 39 heavy (non-hydrogen) atoms. The summed E-state index contributed by atoms with van der Waals surface area (Å²) in [4.78, 5) is 31.8. The molecule has 11 heteroatoms. The Morgan fingerprint density at radius 2 is 1.64 bits per heavy atom. The van der Waals surface area contributed by atoms with Crippen LogP contribution in [0.1, 0.15) is 0 Å². The van der Waals surface area contributed by atoms with E-state index in [2.05, 4.69) is 26.0 Å². The number of carbonyl (C=O) groups is 1.